The Labute approximate surface area is 165 Å². The summed E-state index contributed by atoms with van der Waals surface area (Å²) in [5.74, 6) is -0.186. The molecule has 0 amide bonds. The minimum atomic E-state index is -0.186. The van der Waals surface area contributed by atoms with Crippen molar-refractivity contribution < 1.29 is 14.3 Å². The zero-order valence-corrected chi connectivity index (χ0v) is 17.8. The van der Waals surface area contributed by atoms with Gasteiger partial charge >= 0.3 is 5.97 Å². The number of thiophene rings is 2. The van der Waals surface area contributed by atoms with Crippen LogP contribution in [0.4, 0.5) is 0 Å². The minimum Gasteiger partial charge on any atom is -0.484 e. The first kappa shape index (κ1) is 21.2. The van der Waals surface area contributed by atoms with Gasteiger partial charge in [-0.15, -0.1) is 11.3 Å². The third-order valence-electron chi connectivity index (χ3n) is 4.36. The standard InChI is InChI=1S/C21H32O3S2/c1-3-5-7-9-10-12-14-24-21(22)19-15-17-18(25-19)16-20(26-17)23-13-11-8-6-4-2/h15-16H,3-14H2,1-2H3. The Morgan fingerprint density at radius 2 is 1.42 bits per heavy atom. The second-order valence-electron chi connectivity index (χ2n) is 6.72. The number of esters is 1. The maximum Gasteiger partial charge on any atom is 0.348 e. The van der Waals surface area contributed by atoms with Crippen LogP contribution in [0.15, 0.2) is 12.1 Å². The first-order valence-corrected chi connectivity index (χ1v) is 11.7. The molecular weight excluding hydrogens is 364 g/mol. The van der Waals surface area contributed by atoms with Gasteiger partial charge in [0.2, 0.25) is 0 Å². The van der Waals surface area contributed by atoms with Gasteiger partial charge in [-0.05, 0) is 18.9 Å². The number of hydrogen-bond donors (Lipinski definition) is 0. The van der Waals surface area contributed by atoms with E-state index < -0.39 is 0 Å². The highest BCUT2D eigenvalue weighted by Crippen LogP contribution is 2.37. The fraction of sp³-hybridized carbons (Fsp3) is 0.667. The summed E-state index contributed by atoms with van der Waals surface area (Å²) in [6.45, 7) is 5.74. The molecule has 146 valence electrons. The topological polar surface area (TPSA) is 35.5 Å². The van der Waals surface area contributed by atoms with Crippen molar-refractivity contribution in [2.45, 2.75) is 78.1 Å². The van der Waals surface area contributed by atoms with E-state index in [4.69, 9.17) is 9.47 Å². The average molecular weight is 397 g/mol. The molecule has 0 saturated carbocycles. The number of ether oxygens (including phenoxy) is 2. The highest BCUT2D eigenvalue weighted by molar-refractivity contribution is 7.29. The van der Waals surface area contributed by atoms with Crippen molar-refractivity contribution in [3.63, 3.8) is 0 Å². The first-order valence-electron chi connectivity index (χ1n) is 10.1. The molecule has 0 unspecified atom stereocenters. The van der Waals surface area contributed by atoms with Gasteiger partial charge in [0.1, 0.15) is 4.88 Å². The number of rotatable bonds is 14. The van der Waals surface area contributed by atoms with Gasteiger partial charge in [-0.3, -0.25) is 0 Å². The maximum absolute atomic E-state index is 12.2. The monoisotopic (exact) mass is 396 g/mol. The Bertz CT molecular complexity index is 613. The van der Waals surface area contributed by atoms with E-state index in [0.29, 0.717) is 11.5 Å². The van der Waals surface area contributed by atoms with Crippen LogP contribution < -0.4 is 4.74 Å². The van der Waals surface area contributed by atoms with E-state index >= 15 is 0 Å². The second kappa shape index (κ2) is 12.3. The zero-order chi connectivity index (χ0) is 18.6. The number of hydrogen-bond acceptors (Lipinski definition) is 5. The van der Waals surface area contributed by atoms with Crippen LogP contribution in [-0.4, -0.2) is 19.2 Å². The number of carbonyl (C=O) groups is 1. The highest BCUT2D eigenvalue weighted by atomic mass is 32.1. The van der Waals surface area contributed by atoms with E-state index in [9.17, 15) is 4.79 Å². The van der Waals surface area contributed by atoms with Gasteiger partial charge in [0.25, 0.3) is 0 Å². The van der Waals surface area contributed by atoms with Crippen LogP contribution in [0, 0.1) is 0 Å². The molecular formula is C21H32O3S2. The lowest BCUT2D eigenvalue weighted by Gasteiger charge is -2.03. The summed E-state index contributed by atoms with van der Waals surface area (Å²) >= 11 is 3.12. The molecule has 0 bridgehead atoms. The van der Waals surface area contributed by atoms with Crippen LogP contribution in [0.2, 0.25) is 0 Å². The average Bonchev–Trinajstić information content (AvgIpc) is 3.19. The first-order chi connectivity index (χ1) is 12.7. The quantitative estimate of drug-likeness (QED) is 0.246. The van der Waals surface area contributed by atoms with Crippen molar-refractivity contribution in [3.8, 4) is 5.06 Å². The lowest BCUT2D eigenvalue weighted by molar-refractivity contribution is 0.0503. The van der Waals surface area contributed by atoms with E-state index in [1.807, 2.05) is 6.07 Å². The van der Waals surface area contributed by atoms with Gasteiger partial charge in [-0.25, -0.2) is 4.79 Å². The molecule has 3 nitrogen and oxygen atoms in total. The summed E-state index contributed by atoms with van der Waals surface area (Å²) in [6, 6.07) is 3.99. The minimum absolute atomic E-state index is 0.186. The Morgan fingerprint density at radius 1 is 0.808 bits per heavy atom. The molecule has 0 fully saturated rings. The fourth-order valence-corrected chi connectivity index (χ4v) is 4.96. The van der Waals surface area contributed by atoms with Crippen molar-refractivity contribution in [2.75, 3.05) is 13.2 Å². The van der Waals surface area contributed by atoms with Crippen molar-refractivity contribution in [2.24, 2.45) is 0 Å². The maximum atomic E-state index is 12.2. The molecule has 0 aliphatic heterocycles. The SMILES string of the molecule is CCCCCCCCOC(=O)c1cc2sc(OCCCCCC)cc2s1. The van der Waals surface area contributed by atoms with Gasteiger partial charge < -0.3 is 9.47 Å². The molecule has 0 N–H and O–H groups in total. The van der Waals surface area contributed by atoms with Gasteiger partial charge in [0, 0.05) is 15.5 Å². The summed E-state index contributed by atoms with van der Waals surface area (Å²) in [4.78, 5) is 12.9. The van der Waals surface area contributed by atoms with Crippen LogP contribution in [0.5, 0.6) is 5.06 Å². The molecule has 0 radical (unpaired) electrons. The summed E-state index contributed by atoms with van der Waals surface area (Å²) in [5.41, 5.74) is 0. The van der Waals surface area contributed by atoms with E-state index in [2.05, 4.69) is 19.9 Å². The molecule has 5 heteroatoms. The van der Waals surface area contributed by atoms with E-state index in [1.54, 1.807) is 11.3 Å². The lowest BCUT2D eigenvalue weighted by atomic mass is 10.1. The van der Waals surface area contributed by atoms with Crippen LogP contribution >= 0.6 is 22.7 Å². The van der Waals surface area contributed by atoms with E-state index in [-0.39, 0.29) is 5.97 Å². The molecule has 0 atom stereocenters. The van der Waals surface area contributed by atoms with Crippen LogP contribution in [-0.2, 0) is 4.74 Å². The molecule has 26 heavy (non-hydrogen) atoms. The van der Waals surface area contributed by atoms with Gasteiger partial charge in [0.15, 0.2) is 5.06 Å². The van der Waals surface area contributed by atoms with Crippen LogP contribution in [0.3, 0.4) is 0 Å². The Balaban J connectivity index is 1.69. The van der Waals surface area contributed by atoms with E-state index in [0.717, 1.165) is 40.3 Å². The number of carbonyl (C=O) groups excluding carboxylic acids is 1. The molecule has 0 aliphatic rings. The molecule has 2 aromatic heterocycles. The highest BCUT2D eigenvalue weighted by Gasteiger charge is 2.14. The molecule has 2 rings (SSSR count). The number of unbranched alkanes of at least 4 members (excludes halogenated alkanes) is 8. The number of fused-ring (bicyclic) bond motifs is 1. The van der Waals surface area contributed by atoms with Crippen LogP contribution in [0.25, 0.3) is 9.40 Å². The molecule has 0 spiro atoms. The third-order valence-corrected chi connectivity index (χ3v) is 6.54. The normalized spacial score (nSPS) is 11.2. The van der Waals surface area contributed by atoms with Crippen molar-refractivity contribution >= 4 is 38.0 Å². The molecule has 0 aromatic carbocycles. The summed E-state index contributed by atoms with van der Waals surface area (Å²) < 4.78 is 13.5. The Hall–Kier alpha value is -1.07. The zero-order valence-electron chi connectivity index (χ0n) is 16.2. The summed E-state index contributed by atoms with van der Waals surface area (Å²) in [5, 5.41) is 0.953. The largest absolute Gasteiger partial charge is 0.484 e. The summed E-state index contributed by atoms with van der Waals surface area (Å²) in [7, 11) is 0. The Kier molecular flexibility index (Phi) is 10.1. The lowest BCUT2D eigenvalue weighted by Crippen LogP contribution is -2.04. The van der Waals surface area contributed by atoms with E-state index in [1.165, 1.54) is 56.3 Å². The molecule has 2 heterocycles. The van der Waals surface area contributed by atoms with Gasteiger partial charge in [-0.2, -0.15) is 0 Å². The van der Waals surface area contributed by atoms with Crippen molar-refractivity contribution in [3.05, 3.63) is 17.0 Å². The predicted octanol–water partition coefficient (Wildman–Crippen LogP) is 7.44. The molecule has 0 aliphatic carbocycles. The van der Waals surface area contributed by atoms with Gasteiger partial charge in [0.05, 0.1) is 13.2 Å². The molecule has 0 saturated heterocycles. The third kappa shape index (κ3) is 7.28. The van der Waals surface area contributed by atoms with Gasteiger partial charge in [-0.1, -0.05) is 76.6 Å². The Morgan fingerprint density at radius 3 is 2.15 bits per heavy atom. The van der Waals surface area contributed by atoms with Crippen LogP contribution in [0.1, 0.15) is 87.7 Å². The molecule has 2 aromatic rings. The van der Waals surface area contributed by atoms with Crippen molar-refractivity contribution in [1.82, 2.24) is 0 Å². The second-order valence-corrected chi connectivity index (χ2v) is 8.85. The summed E-state index contributed by atoms with van der Waals surface area (Å²) in [6.07, 6.45) is 12.0. The predicted molar refractivity (Wildman–Crippen MR) is 113 cm³/mol. The smallest absolute Gasteiger partial charge is 0.348 e. The van der Waals surface area contributed by atoms with Crippen molar-refractivity contribution in [1.29, 1.82) is 0 Å². The fourth-order valence-electron chi connectivity index (χ4n) is 2.81.